The van der Waals surface area contributed by atoms with Crippen LogP contribution in [0.15, 0.2) is 48.7 Å². The van der Waals surface area contributed by atoms with E-state index < -0.39 is 0 Å². The van der Waals surface area contributed by atoms with Crippen molar-refractivity contribution in [2.24, 2.45) is 0 Å². The molecule has 4 aromatic rings. The van der Waals surface area contributed by atoms with Crippen molar-refractivity contribution >= 4 is 21.9 Å². The zero-order valence-corrected chi connectivity index (χ0v) is 13.4. The number of H-pyrrole nitrogens is 2. The first-order valence-corrected chi connectivity index (χ1v) is 8.45. The summed E-state index contributed by atoms with van der Waals surface area (Å²) in [4.78, 5) is 5.93. The molecule has 1 aliphatic rings. The topological polar surface area (TPSA) is 60.6 Å². The van der Waals surface area contributed by atoms with Gasteiger partial charge in [-0.05, 0) is 48.2 Å². The highest BCUT2D eigenvalue weighted by atomic mass is 15.3. The molecule has 2 aromatic carbocycles. The summed E-state index contributed by atoms with van der Waals surface area (Å²) < 4.78 is 0. The van der Waals surface area contributed by atoms with E-state index >= 15 is 0 Å². The fourth-order valence-electron chi connectivity index (χ4n) is 3.86. The minimum absolute atomic E-state index is 0.580. The molecule has 5 nitrogen and oxygen atoms in total. The summed E-state index contributed by atoms with van der Waals surface area (Å²) in [5.41, 5.74) is 5.95. The van der Waals surface area contributed by atoms with Crippen LogP contribution in [0.1, 0.15) is 23.5 Å². The quantitative estimate of drug-likeness (QED) is 0.608. The van der Waals surface area contributed by atoms with Crippen molar-refractivity contribution in [1.29, 1.82) is 0 Å². The zero-order chi connectivity index (χ0) is 15.9. The van der Waals surface area contributed by atoms with Gasteiger partial charge >= 0.3 is 0 Å². The van der Waals surface area contributed by atoms with Crippen LogP contribution in [-0.2, 0) is 6.54 Å². The van der Waals surface area contributed by atoms with Gasteiger partial charge in [-0.2, -0.15) is 0 Å². The molecular weight excluding hydrogens is 298 g/mol. The van der Waals surface area contributed by atoms with Gasteiger partial charge in [-0.25, -0.2) is 0 Å². The highest BCUT2D eigenvalue weighted by Gasteiger charge is 2.24. The number of aromatic amines is 2. The Kier molecular flexibility index (Phi) is 3.13. The predicted octanol–water partition coefficient (Wildman–Crippen LogP) is 3.43. The maximum Gasteiger partial charge on any atom is 0.113 e. The number of rotatable bonds is 3. The van der Waals surface area contributed by atoms with Gasteiger partial charge in [0, 0.05) is 30.2 Å². The maximum absolute atomic E-state index is 4.14. The summed E-state index contributed by atoms with van der Waals surface area (Å²) in [5, 5.41) is 12.3. The highest BCUT2D eigenvalue weighted by Crippen LogP contribution is 2.30. The van der Waals surface area contributed by atoms with Crippen LogP contribution in [0.2, 0.25) is 0 Å². The summed E-state index contributed by atoms with van der Waals surface area (Å²) in [6, 6.07) is 15.0. The number of hydrogen-bond acceptors (Lipinski definition) is 3. The number of nitrogens with zero attached hydrogens (tertiary/aromatic N) is 3. The van der Waals surface area contributed by atoms with E-state index in [-0.39, 0.29) is 0 Å². The molecule has 1 aliphatic heterocycles. The molecule has 0 spiro atoms. The molecule has 1 atom stereocenters. The van der Waals surface area contributed by atoms with E-state index in [1.54, 1.807) is 0 Å². The number of likely N-dealkylation sites (tertiary alicyclic amines) is 1. The van der Waals surface area contributed by atoms with Crippen LogP contribution < -0.4 is 0 Å². The first kappa shape index (κ1) is 13.7. The highest BCUT2D eigenvalue weighted by molar-refractivity contribution is 5.83. The lowest BCUT2D eigenvalue weighted by atomic mass is 9.98. The van der Waals surface area contributed by atoms with E-state index in [2.05, 4.69) is 74.0 Å². The first-order chi connectivity index (χ1) is 11.9. The van der Waals surface area contributed by atoms with E-state index in [1.165, 1.54) is 28.5 Å². The summed E-state index contributed by atoms with van der Waals surface area (Å²) >= 11 is 0. The summed E-state index contributed by atoms with van der Waals surface area (Å²) in [6.07, 6.45) is 3.35. The van der Waals surface area contributed by atoms with Gasteiger partial charge in [-0.15, -0.1) is 5.10 Å². The molecule has 0 amide bonds. The van der Waals surface area contributed by atoms with E-state index in [1.807, 2.05) is 0 Å². The molecule has 0 bridgehead atoms. The van der Waals surface area contributed by atoms with Crippen LogP contribution in [0.4, 0.5) is 0 Å². The normalized spacial score (nSPS) is 18.8. The number of fused-ring (bicyclic) bond motifs is 2. The second kappa shape index (κ2) is 5.46. The van der Waals surface area contributed by atoms with Crippen molar-refractivity contribution in [3.63, 3.8) is 0 Å². The van der Waals surface area contributed by atoms with Crippen molar-refractivity contribution in [3.8, 4) is 0 Å². The smallest absolute Gasteiger partial charge is 0.113 e. The summed E-state index contributed by atoms with van der Waals surface area (Å²) in [6.45, 7) is 3.25. The van der Waals surface area contributed by atoms with Gasteiger partial charge in [0.25, 0.3) is 0 Å². The van der Waals surface area contributed by atoms with Crippen molar-refractivity contribution in [1.82, 2.24) is 25.3 Å². The molecule has 0 radical (unpaired) electrons. The second-order valence-electron chi connectivity index (χ2n) is 6.67. The second-order valence-corrected chi connectivity index (χ2v) is 6.67. The van der Waals surface area contributed by atoms with Gasteiger partial charge in [-0.1, -0.05) is 29.5 Å². The zero-order valence-electron chi connectivity index (χ0n) is 13.4. The average molecular weight is 317 g/mol. The monoisotopic (exact) mass is 317 g/mol. The van der Waals surface area contributed by atoms with Crippen molar-refractivity contribution < 1.29 is 0 Å². The number of hydrogen-bond donors (Lipinski definition) is 2. The molecule has 5 rings (SSSR count). The standard InChI is InChI=1S/C19H19N5/c1-2-4-17-16(3-1)15(10-20-17)12-24-8-7-14(11-24)13-5-6-18-19(9-13)22-23-21-18/h1-6,9-10,14,20H,7-8,11-12H2,(H,21,22,23). The van der Waals surface area contributed by atoms with Crippen LogP contribution in [0.5, 0.6) is 0 Å². The van der Waals surface area contributed by atoms with Crippen LogP contribution in [0.3, 0.4) is 0 Å². The molecule has 1 saturated heterocycles. The Labute approximate surface area is 139 Å². The Bertz CT molecular complexity index is 999. The van der Waals surface area contributed by atoms with E-state index in [0.29, 0.717) is 5.92 Å². The molecule has 0 saturated carbocycles. The van der Waals surface area contributed by atoms with E-state index in [9.17, 15) is 0 Å². The molecule has 24 heavy (non-hydrogen) atoms. The van der Waals surface area contributed by atoms with Crippen molar-refractivity contribution in [3.05, 3.63) is 59.8 Å². The van der Waals surface area contributed by atoms with Gasteiger partial charge in [-0.3, -0.25) is 10.00 Å². The van der Waals surface area contributed by atoms with Gasteiger partial charge in [0.1, 0.15) is 5.52 Å². The summed E-state index contributed by atoms with van der Waals surface area (Å²) in [7, 11) is 0. The molecule has 3 heterocycles. The van der Waals surface area contributed by atoms with E-state index in [4.69, 9.17) is 0 Å². The third-order valence-electron chi connectivity index (χ3n) is 5.16. The third kappa shape index (κ3) is 2.29. The maximum atomic E-state index is 4.14. The minimum atomic E-state index is 0.580. The lowest BCUT2D eigenvalue weighted by molar-refractivity contribution is 0.328. The van der Waals surface area contributed by atoms with Crippen LogP contribution in [0.25, 0.3) is 21.9 Å². The molecule has 2 aromatic heterocycles. The Morgan fingerprint density at radius 1 is 1.12 bits per heavy atom. The molecule has 0 aliphatic carbocycles. The molecule has 1 fully saturated rings. The van der Waals surface area contributed by atoms with Gasteiger partial charge < -0.3 is 4.98 Å². The van der Waals surface area contributed by atoms with Crippen molar-refractivity contribution in [2.45, 2.75) is 18.9 Å². The number of aromatic nitrogens is 4. The number of para-hydroxylation sites is 1. The van der Waals surface area contributed by atoms with Gasteiger partial charge in [0.15, 0.2) is 0 Å². The van der Waals surface area contributed by atoms with Gasteiger partial charge in [0.05, 0.1) is 5.52 Å². The first-order valence-electron chi connectivity index (χ1n) is 8.45. The Hall–Kier alpha value is -2.66. The van der Waals surface area contributed by atoms with Crippen LogP contribution in [-0.4, -0.2) is 38.4 Å². The van der Waals surface area contributed by atoms with Crippen LogP contribution in [0, 0.1) is 0 Å². The lowest BCUT2D eigenvalue weighted by Crippen LogP contribution is -2.19. The lowest BCUT2D eigenvalue weighted by Gasteiger charge is -2.16. The van der Waals surface area contributed by atoms with E-state index in [0.717, 1.165) is 30.7 Å². The summed E-state index contributed by atoms with van der Waals surface area (Å²) in [5.74, 6) is 0.580. The predicted molar refractivity (Wildman–Crippen MR) is 94.8 cm³/mol. The van der Waals surface area contributed by atoms with Crippen molar-refractivity contribution in [2.75, 3.05) is 13.1 Å². The molecular formula is C19H19N5. The largest absolute Gasteiger partial charge is 0.361 e. The third-order valence-corrected chi connectivity index (χ3v) is 5.16. The molecule has 1 unspecified atom stereocenters. The Balaban J connectivity index is 1.35. The fraction of sp³-hybridized carbons (Fsp3) is 0.263. The molecule has 120 valence electrons. The Morgan fingerprint density at radius 2 is 2.08 bits per heavy atom. The number of benzene rings is 2. The van der Waals surface area contributed by atoms with Crippen LogP contribution >= 0.6 is 0 Å². The Morgan fingerprint density at radius 3 is 3.08 bits per heavy atom. The average Bonchev–Trinajstić information content (AvgIpc) is 3.34. The fourth-order valence-corrected chi connectivity index (χ4v) is 3.86. The SMILES string of the molecule is c1ccc2c(CN3CCC(c4ccc5[nH]nnc5c4)C3)c[nH]c2c1. The molecule has 2 N–H and O–H groups in total. The molecule has 5 heteroatoms. The number of nitrogens with one attached hydrogen (secondary N) is 2. The minimum Gasteiger partial charge on any atom is -0.361 e. The van der Waals surface area contributed by atoms with Gasteiger partial charge in [0.2, 0.25) is 0 Å².